The summed E-state index contributed by atoms with van der Waals surface area (Å²) in [5.74, 6) is -0.502. The first-order valence-electron chi connectivity index (χ1n) is 2.95. The van der Waals surface area contributed by atoms with E-state index in [2.05, 4.69) is 5.32 Å². The van der Waals surface area contributed by atoms with Gasteiger partial charge in [-0.3, -0.25) is 10.2 Å². The SMILES string of the molecule is N=C1NC(=O)C(CO)(CO)S1. The van der Waals surface area contributed by atoms with Crippen molar-refractivity contribution in [1.82, 2.24) is 5.32 Å². The Morgan fingerprint density at radius 1 is 1.55 bits per heavy atom. The number of thioether (sulfide) groups is 1. The molecular weight excluding hydrogens is 168 g/mol. The summed E-state index contributed by atoms with van der Waals surface area (Å²) < 4.78 is -1.24. The van der Waals surface area contributed by atoms with Crippen molar-refractivity contribution in [2.45, 2.75) is 4.75 Å². The molecule has 1 heterocycles. The molecule has 0 saturated carbocycles. The lowest BCUT2D eigenvalue weighted by atomic mass is 10.1. The lowest BCUT2D eigenvalue weighted by Gasteiger charge is -2.17. The predicted molar refractivity (Wildman–Crippen MR) is 40.4 cm³/mol. The van der Waals surface area contributed by atoms with Gasteiger partial charge in [0.15, 0.2) is 5.17 Å². The molecule has 0 unspecified atom stereocenters. The third kappa shape index (κ3) is 1.24. The van der Waals surface area contributed by atoms with Crippen LogP contribution < -0.4 is 5.32 Å². The highest BCUT2D eigenvalue weighted by Crippen LogP contribution is 2.30. The summed E-state index contributed by atoms with van der Waals surface area (Å²) in [7, 11) is 0. The fraction of sp³-hybridized carbons (Fsp3) is 0.600. The number of aliphatic hydroxyl groups is 2. The number of amidine groups is 1. The molecule has 0 spiro atoms. The zero-order chi connectivity index (χ0) is 8.48. The van der Waals surface area contributed by atoms with E-state index in [1.807, 2.05) is 0 Å². The van der Waals surface area contributed by atoms with Crippen molar-refractivity contribution < 1.29 is 15.0 Å². The van der Waals surface area contributed by atoms with Gasteiger partial charge in [-0.2, -0.15) is 0 Å². The number of carbonyl (C=O) groups excluding carboxylic acids is 1. The first kappa shape index (κ1) is 8.51. The molecule has 1 fully saturated rings. The van der Waals surface area contributed by atoms with Crippen LogP contribution in [0.2, 0.25) is 0 Å². The molecule has 6 heteroatoms. The van der Waals surface area contributed by atoms with Crippen LogP contribution in [-0.4, -0.2) is 39.2 Å². The molecule has 4 N–H and O–H groups in total. The second-order valence-electron chi connectivity index (χ2n) is 2.20. The average Bonchev–Trinajstić information content (AvgIpc) is 2.27. The van der Waals surface area contributed by atoms with Gasteiger partial charge in [-0.15, -0.1) is 0 Å². The number of amides is 1. The van der Waals surface area contributed by atoms with Crippen molar-refractivity contribution >= 4 is 22.8 Å². The van der Waals surface area contributed by atoms with Gasteiger partial charge in [0.05, 0.1) is 13.2 Å². The molecule has 1 saturated heterocycles. The molecule has 0 aliphatic carbocycles. The van der Waals surface area contributed by atoms with Gasteiger partial charge in [-0.05, 0) is 0 Å². The van der Waals surface area contributed by atoms with E-state index in [4.69, 9.17) is 15.6 Å². The van der Waals surface area contributed by atoms with E-state index in [9.17, 15) is 4.79 Å². The van der Waals surface area contributed by atoms with Crippen molar-refractivity contribution in [3.8, 4) is 0 Å². The first-order chi connectivity index (χ1) is 5.14. The van der Waals surface area contributed by atoms with E-state index in [0.717, 1.165) is 11.8 Å². The zero-order valence-corrected chi connectivity index (χ0v) is 6.44. The number of carbonyl (C=O) groups is 1. The van der Waals surface area contributed by atoms with Gasteiger partial charge in [0.2, 0.25) is 5.91 Å². The standard InChI is InChI=1S/C5H8N2O3S/c6-4-7-3(10)5(1-8,2-9)11-4/h8-9H,1-2H2,(H2,6,7,10). The number of aliphatic hydroxyl groups excluding tert-OH is 2. The molecule has 1 rings (SSSR count). The number of hydrogen-bond acceptors (Lipinski definition) is 5. The molecule has 11 heavy (non-hydrogen) atoms. The number of nitrogens with one attached hydrogen (secondary N) is 2. The van der Waals surface area contributed by atoms with Gasteiger partial charge >= 0.3 is 0 Å². The predicted octanol–water partition coefficient (Wildman–Crippen LogP) is -1.49. The maximum absolute atomic E-state index is 11.0. The fourth-order valence-electron chi connectivity index (χ4n) is 0.742. The Balaban J connectivity index is 2.84. The van der Waals surface area contributed by atoms with E-state index >= 15 is 0 Å². The van der Waals surface area contributed by atoms with Gasteiger partial charge in [0, 0.05) is 0 Å². The Kier molecular flexibility index (Phi) is 2.17. The molecule has 1 aliphatic rings. The van der Waals surface area contributed by atoms with Gasteiger partial charge in [0.1, 0.15) is 4.75 Å². The highest BCUT2D eigenvalue weighted by atomic mass is 32.2. The lowest BCUT2D eigenvalue weighted by molar-refractivity contribution is -0.123. The maximum Gasteiger partial charge on any atom is 0.247 e. The minimum atomic E-state index is -1.24. The number of rotatable bonds is 2. The molecule has 1 aliphatic heterocycles. The van der Waals surface area contributed by atoms with E-state index in [1.54, 1.807) is 0 Å². The van der Waals surface area contributed by atoms with Crippen molar-refractivity contribution in [2.75, 3.05) is 13.2 Å². The minimum Gasteiger partial charge on any atom is -0.394 e. The Morgan fingerprint density at radius 3 is 2.27 bits per heavy atom. The summed E-state index contributed by atoms with van der Waals surface area (Å²) in [6, 6.07) is 0. The zero-order valence-electron chi connectivity index (χ0n) is 5.63. The normalized spacial score (nSPS) is 22.0. The highest BCUT2D eigenvalue weighted by Gasteiger charge is 2.45. The topological polar surface area (TPSA) is 93.4 Å². The lowest BCUT2D eigenvalue weighted by Crippen LogP contribution is -2.43. The van der Waals surface area contributed by atoms with Crippen LogP contribution in [0.5, 0.6) is 0 Å². The second-order valence-corrected chi connectivity index (χ2v) is 3.59. The van der Waals surface area contributed by atoms with Crippen LogP contribution in [0.4, 0.5) is 0 Å². The summed E-state index contributed by atoms with van der Waals surface area (Å²) >= 11 is 0.844. The minimum absolute atomic E-state index is 0.0295. The Hall–Kier alpha value is -0.590. The van der Waals surface area contributed by atoms with Crippen molar-refractivity contribution in [2.24, 2.45) is 0 Å². The maximum atomic E-state index is 11.0. The summed E-state index contributed by atoms with van der Waals surface area (Å²) in [4.78, 5) is 11.0. The third-order valence-electron chi connectivity index (χ3n) is 1.45. The third-order valence-corrected chi connectivity index (χ3v) is 2.59. The van der Waals surface area contributed by atoms with E-state index in [0.29, 0.717) is 0 Å². The van der Waals surface area contributed by atoms with Crippen LogP contribution in [0, 0.1) is 5.41 Å². The van der Waals surface area contributed by atoms with Crippen LogP contribution in [0.25, 0.3) is 0 Å². The smallest absolute Gasteiger partial charge is 0.247 e. The average molecular weight is 176 g/mol. The molecule has 0 aromatic heterocycles. The van der Waals surface area contributed by atoms with Crippen LogP contribution in [0.3, 0.4) is 0 Å². The summed E-state index contributed by atoms with van der Waals surface area (Å²) in [5, 5.41) is 26.8. The highest BCUT2D eigenvalue weighted by molar-refractivity contribution is 8.16. The van der Waals surface area contributed by atoms with Crippen LogP contribution in [-0.2, 0) is 4.79 Å². The molecule has 0 bridgehead atoms. The molecule has 0 aromatic rings. The fourth-order valence-corrected chi connectivity index (χ4v) is 1.55. The van der Waals surface area contributed by atoms with E-state index in [-0.39, 0.29) is 5.17 Å². The quantitative estimate of drug-likeness (QED) is 0.412. The van der Waals surface area contributed by atoms with Crippen LogP contribution >= 0.6 is 11.8 Å². The van der Waals surface area contributed by atoms with Gasteiger partial charge in [0.25, 0.3) is 0 Å². The Labute approximate surface area is 67.3 Å². The first-order valence-corrected chi connectivity index (χ1v) is 3.77. The Morgan fingerprint density at radius 2 is 2.09 bits per heavy atom. The van der Waals surface area contributed by atoms with Gasteiger partial charge in [-0.25, -0.2) is 0 Å². The molecular formula is C5H8N2O3S. The molecule has 1 amide bonds. The Bertz CT molecular complexity index is 202. The van der Waals surface area contributed by atoms with Crippen LogP contribution in [0.1, 0.15) is 0 Å². The molecule has 0 radical (unpaired) electrons. The van der Waals surface area contributed by atoms with Crippen molar-refractivity contribution in [3.05, 3.63) is 0 Å². The van der Waals surface area contributed by atoms with Crippen molar-refractivity contribution in [3.63, 3.8) is 0 Å². The molecule has 0 aromatic carbocycles. The van der Waals surface area contributed by atoms with Gasteiger partial charge < -0.3 is 15.5 Å². The van der Waals surface area contributed by atoms with Crippen LogP contribution in [0.15, 0.2) is 0 Å². The molecule has 62 valence electrons. The summed E-state index contributed by atoms with van der Waals surface area (Å²) in [5.41, 5.74) is 0. The van der Waals surface area contributed by atoms with E-state index in [1.165, 1.54) is 0 Å². The second kappa shape index (κ2) is 2.80. The van der Waals surface area contributed by atoms with Gasteiger partial charge in [-0.1, -0.05) is 11.8 Å². The largest absolute Gasteiger partial charge is 0.394 e. The number of hydrogen-bond donors (Lipinski definition) is 4. The molecule has 0 atom stereocenters. The van der Waals surface area contributed by atoms with E-state index < -0.39 is 23.9 Å². The monoisotopic (exact) mass is 176 g/mol. The summed E-state index contributed by atoms with van der Waals surface area (Å²) in [6.07, 6.45) is 0. The molecule has 5 nitrogen and oxygen atoms in total. The van der Waals surface area contributed by atoms with Crippen molar-refractivity contribution in [1.29, 1.82) is 5.41 Å². The summed E-state index contributed by atoms with van der Waals surface area (Å²) in [6.45, 7) is -0.912.